The standard InChI is InChI=1S/C40H28N2O3S2/c1-3-9-27(10-4-1)25-43-31-15-7-13-29(23-31)35-19-21-37(46-35)33-17-18-34(40-39(33)41-45-42-40)38-22-20-36(47-38)30-14-8-16-32(24-30)44-26-28-11-5-2-6-12-28/h1-24H,25-26H2. The van der Waals surface area contributed by atoms with E-state index in [4.69, 9.17) is 14.1 Å². The van der Waals surface area contributed by atoms with Crippen LogP contribution in [0.5, 0.6) is 11.5 Å². The van der Waals surface area contributed by atoms with E-state index in [1.165, 1.54) is 0 Å². The van der Waals surface area contributed by atoms with Crippen LogP contribution < -0.4 is 9.47 Å². The molecule has 5 aromatic carbocycles. The Morgan fingerprint density at radius 3 is 1.36 bits per heavy atom. The largest absolute Gasteiger partial charge is 0.489 e. The third-order valence-electron chi connectivity index (χ3n) is 7.89. The number of hydrogen-bond acceptors (Lipinski definition) is 7. The lowest BCUT2D eigenvalue weighted by Gasteiger charge is -2.08. The van der Waals surface area contributed by atoms with E-state index in [0.29, 0.717) is 13.2 Å². The van der Waals surface area contributed by atoms with Crippen molar-refractivity contribution in [2.45, 2.75) is 13.2 Å². The van der Waals surface area contributed by atoms with E-state index < -0.39 is 0 Å². The summed E-state index contributed by atoms with van der Waals surface area (Å²) in [7, 11) is 0. The Balaban J connectivity index is 1.02. The Kier molecular flexibility index (Phi) is 8.05. The Morgan fingerprint density at radius 2 is 0.894 bits per heavy atom. The molecular weight excluding hydrogens is 621 g/mol. The zero-order valence-corrected chi connectivity index (χ0v) is 26.8. The number of nitrogens with zero attached hydrogens (tertiary/aromatic N) is 2. The molecule has 228 valence electrons. The van der Waals surface area contributed by atoms with Crippen LogP contribution in [0.1, 0.15) is 11.1 Å². The minimum absolute atomic E-state index is 0.533. The lowest BCUT2D eigenvalue weighted by molar-refractivity contribution is 0.306. The Labute approximate surface area is 280 Å². The van der Waals surface area contributed by atoms with Gasteiger partial charge in [-0.25, -0.2) is 4.63 Å². The molecule has 0 aliphatic heterocycles. The topological polar surface area (TPSA) is 57.4 Å². The summed E-state index contributed by atoms with van der Waals surface area (Å²) in [5, 5.41) is 8.68. The molecule has 0 N–H and O–H groups in total. The first-order valence-corrected chi connectivity index (χ1v) is 16.9. The van der Waals surface area contributed by atoms with E-state index in [2.05, 4.69) is 95.2 Å². The van der Waals surface area contributed by atoms with Gasteiger partial charge in [0.05, 0.1) is 0 Å². The van der Waals surface area contributed by atoms with Gasteiger partial charge >= 0.3 is 0 Å². The molecule has 3 aromatic heterocycles. The molecule has 5 nitrogen and oxygen atoms in total. The molecule has 0 spiro atoms. The third-order valence-corrected chi connectivity index (χ3v) is 10.2. The van der Waals surface area contributed by atoms with E-state index in [0.717, 1.165) is 75.4 Å². The van der Waals surface area contributed by atoms with Gasteiger partial charge in [-0.2, -0.15) is 0 Å². The number of hydrogen-bond donors (Lipinski definition) is 0. The SMILES string of the molecule is c1ccc(COc2cccc(-c3ccc(-c4ccc(-c5ccc(-c6cccc(OCc7ccccc7)c6)s5)c5nonc45)s3)c2)cc1. The molecule has 7 heteroatoms. The molecule has 0 saturated carbocycles. The van der Waals surface area contributed by atoms with Crippen molar-refractivity contribution >= 4 is 33.7 Å². The van der Waals surface area contributed by atoms with E-state index in [1.54, 1.807) is 22.7 Å². The number of aromatic nitrogens is 2. The van der Waals surface area contributed by atoms with Crippen LogP contribution in [0.25, 0.3) is 52.8 Å². The molecule has 8 aromatic rings. The zero-order chi connectivity index (χ0) is 31.4. The first-order chi connectivity index (χ1) is 23.3. The number of thiophene rings is 2. The van der Waals surface area contributed by atoms with Crippen molar-refractivity contribution in [2.75, 3.05) is 0 Å². The molecule has 0 radical (unpaired) electrons. The molecule has 0 saturated heterocycles. The number of ether oxygens (including phenoxy) is 2. The van der Waals surface area contributed by atoms with Crippen molar-refractivity contribution in [2.24, 2.45) is 0 Å². The molecule has 0 aliphatic carbocycles. The van der Waals surface area contributed by atoms with Gasteiger partial charge in [0.2, 0.25) is 0 Å². The zero-order valence-electron chi connectivity index (χ0n) is 25.2. The second-order valence-electron chi connectivity index (χ2n) is 11.1. The normalized spacial score (nSPS) is 11.1. The van der Waals surface area contributed by atoms with Crippen molar-refractivity contribution < 1.29 is 14.1 Å². The van der Waals surface area contributed by atoms with Crippen LogP contribution in [0.15, 0.2) is 150 Å². The summed E-state index contributed by atoms with van der Waals surface area (Å²) in [5.74, 6) is 1.69. The number of rotatable bonds is 10. The molecule has 0 bridgehead atoms. The fraction of sp³-hybridized carbons (Fsp3) is 0.0500. The fourth-order valence-corrected chi connectivity index (χ4v) is 7.56. The van der Waals surface area contributed by atoms with Crippen molar-refractivity contribution in [1.82, 2.24) is 10.3 Å². The summed E-state index contributed by atoms with van der Waals surface area (Å²) in [6, 6.07) is 49.7. The van der Waals surface area contributed by atoms with Crippen LogP contribution in [0.4, 0.5) is 0 Å². The average Bonchev–Trinajstić information content (AvgIpc) is 3.93. The van der Waals surface area contributed by atoms with Gasteiger partial charge in [0.25, 0.3) is 0 Å². The molecular formula is C40H28N2O3S2. The highest BCUT2D eigenvalue weighted by molar-refractivity contribution is 7.19. The number of benzene rings is 5. The first kappa shape index (κ1) is 28.9. The van der Waals surface area contributed by atoms with Crippen molar-refractivity contribution in [3.8, 4) is 53.3 Å². The molecule has 0 unspecified atom stereocenters. The highest BCUT2D eigenvalue weighted by Gasteiger charge is 2.18. The van der Waals surface area contributed by atoms with Gasteiger partial charge < -0.3 is 9.47 Å². The lowest BCUT2D eigenvalue weighted by Crippen LogP contribution is -1.94. The van der Waals surface area contributed by atoms with Crippen LogP contribution in [0.3, 0.4) is 0 Å². The second kappa shape index (κ2) is 13.1. The van der Waals surface area contributed by atoms with Crippen LogP contribution in [-0.2, 0) is 13.2 Å². The van der Waals surface area contributed by atoms with E-state index in [1.807, 2.05) is 60.7 Å². The Bertz CT molecular complexity index is 2110. The predicted molar refractivity (Wildman–Crippen MR) is 191 cm³/mol. The van der Waals surface area contributed by atoms with Gasteiger partial charge in [-0.1, -0.05) is 97.1 Å². The maximum absolute atomic E-state index is 6.08. The summed E-state index contributed by atoms with van der Waals surface area (Å²) in [5.41, 5.74) is 8.00. The first-order valence-electron chi connectivity index (χ1n) is 15.3. The van der Waals surface area contributed by atoms with Crippen LogP contribution in [0, 0.1) is 0 Å². The molecule has 0 aliphatic rings. The van der Waals surface area contributed by atoms with E-state index in [-0.39, 0.29) is 0 Å². The maximum Gasteiger partial charge on any atom is 0.144 e. The van der Waals surface area contributed by atoms with Gasteiger partial charge in [-0.15, -0.1) is 22.7 Å². The highest BCUT2D eigenvalue weighted by Crippen LogP contribution is 2.42. The molecule has 47 heavy (non-hydrogen) atoms. The summed E-state index contributed by atoms with van der Waals surface area (Å²) in [4.78, 5) is 4.50. The average molecular weight is 649 g/mol. The predicted octanol–water partition coefficient (Wildman–Crippen LogP) is 11.2. The maximum atomic E-state index is 6.08. The minimum Gasteiger partial charge on any atom is -0.489 e. The lowest BCUT2D eigenvalue weighted by atomic mass is 10.1. The van der Waals surface area contributed by atoms with Gasteiger partial charge in [-0.3, -0.25) is 0 Å². The second-order valence-corrected chi connectivity index (χ2v) is 13.2. The van der Waals surface area contributed by atoms with Crippen molar-refractivity contribution in [3.05, 3.63) is 157 Å². The molecule has 3 heterocycles. The van der Waals surface area contributed by atoms with Crippen LogP contribution in [0.2, 0.25) is 0 Å². The van der Waals surface area contributed by atoms with E-state index in [9.17, 15) is 0 Å². The van der Waals surface area contributed by atoms with Gasteiger partial charge in [-0.05, 0) is 81.1 Å². The van der Waals surface area contributed by atoms with Gasteiger partial charge in [0, 0.05) is 30.6 Å². The van der Waals surface area contributed by atoms with E-state index >= 15 is 0 Å². The van der Waals surface area contributed by atoms with Gasteiger partial charge in [0.1, 0.15) is 35.7 Å². The van der Waals surface area contributed by atoms with Crippen LogP contribution in [-0.4, -0.2) is 10.3 Å². The monoisotopic (exact) mass is 648 g/mol. The number of fused-ring (bicyclic) bond motifs is 1. The quantitative estimate of drug-likeness (QED) is 0.148. The molecule has 0 fully saturated rings. The molecule has 8 rings (SSSR count). The van der Waals surface area contributed by atoms with Gasteiger partial charge in [0.15, 0.2) is 0 Å². The van der Waals surface area contributed by atoms with Crippen molar-refractivity contribution in [3.63, 3.8) is 0 Å². The smallest absolute Gasteiger partial charge is 0.144 e. The highest BCUT2D eigenvalue weighted by atomic mass is 32.1. The fourth-order valence-electron chi connectivity index (χ4n) is 5.50. The molecule has 0 amide bonds. The molecule has 0 atom stereocenters. The van der Waals surface area contributed by atoms with Crippen LogP contribution >= 0.6 is 22.7 Å². The Hall–Kier alpha value is -5.50. The van der Waals surface area contributed by atoms with Crippen molar-refractivity contribution in [1.29, 1.82) is 0 Å². The summed E-state index contributed by atoms with van der Waals surface area (Å²) in [6.07, 6.45) is 0. The summed E-state index contributed by atoms with van der Waals surface area (Å²) >= 11 is 3.43. The summed E-state index contributed by atoms with van der Waals surface area (Å²) < 4.78 is 17.5. The Morgan fingerprint density at radius 1 is 0.447 bits per heavy atom. The summed E-state index contributed by atoms with van der Waals surface area (Å²) in [6.45, 7) is 1.07. The third kappa shape index (κ3) is 6.31. The minimum atomic E-state index is 0.533.